The fourth-order valence-electron chi connectivity index (χ4n) is 2.94. The molecule has 0 bridgehead atoms. The molecule has 1 aliphatic rings. The lowest BCUT2D eigenvalue weighted by Crippen LogP contribution is -2.37. The fraction of sp³-hybridized carbons (Fsp3) is 0.529. The van der Waals surface area contributed by atoms with Gasteiger partial charge >= 0.3 is 0 Å². The Kier molecular flexibility index (Phi) is 4.69. The summed E-state index contributed by atoms with van der Waals surface area (Å²) >= 11 is 0. The Bertz CT molecular complexity index is 690. The van der Waals surface area contributed by atoms with Gasteiger partial charge in [0.15, 0.2) is 0 Å². The third-order valence-corrected chi connectivity index (χ3v) is 4.40. The maximum atomic E-state index is 12.2. The third-order valence-electron chi connectivity index (χ3n) is 4.40. The summed E-state index contributed by atoms with van der Waals surface area (Å²) in [6.07, 6.45) is 7.32. The van der Waals surface area contributed by atoms with Gasteiger partial charge < -0.3 is 4.90 Å². The Balaban J connectivity index is 1.60. The number of hydrogen-bond acceptors (Lipinski definition) is 5. The van der Waals surface area contributed by atoms with Crippen molar-refractivity contribution in [2.75, 3.05) is 18.0 Å². The highest BCUT2D eigenvalue weighted by Gasteiger charge is 2.21. The predicted molar refractivity (Wildman–Crippen MR) is 89.6 cm³/mol. The summed E-state index contributed by atoms with van der Waals surface area (Å²) < 4.78 is 1.74. The van der Waals surface area contributed by atoms with Crippen LogP contribution in [0.25, 0.3) is 0 Å². The molecule has 1 fully saturated rings. The zero-order valence-corrected chi connectivity index (χ0v) is 13.7. The number of hydrogen-bond donors (Lipinski definition) is 0. The minimum Gasteiger partial charge on any atom is -0.341 e. The van der Waals surface area contributed by atoms with Gasteiger partial charge in [-0.05, 0) is 30.7 Å². The summed E-state index contributed by atoms with van der Waals surface area (Å²) in [7, 11) is 0. The highest BCUT2D eigenvalue weighted by molar-refractivity contribution is 5.28. The molecule has 0 aliphatic carbocycles. The van der Waals surface area contributed by atoms with Crippen LogP contribution in [0.4, 0.5) is 5.95 Å². The molecule has 122 valence electrons. The standard InChI is InChI=1S/C17H23N5O/c1-13(2)15-10-16(23)22(12-20-15)11-14-4-8-21(9-5-14)17-18-6-3-7-19-17/h3,6-7,10,12-14H,4-5,8-9,11H2,1-2H3. The molecule has 0 amide bonds. The van der Waals surface area contributed by atoms with Crippen molar-refractivity contribution in [2.24, 2.45) is 5.92 Å². The van der Waals surface area contributed by atoms with Crippen LogP contribution in [0, 0.1) is 5.92 Å². The van der Waals surface area contributed by atoms with E-state index in [1.54, 1.807) is 29.4 Å². The second-order valence-corrected chi connectivity index (χ2v) is 6.44. The van der Waals surface area contributed by atoms with Gasteiger partial charge in [0.05, 0.1) is 12.0 Å². The Hall–Kier alpha value is -2.24. The zero-order valence-electron chi connectivity index (χ0n) is 13.7. The van der Waals surface area contributed by atoms with Crippen molar-refractivity contribution in [3.63, 3.8) is 0 Å². The molecule has 1 saturated heterocycles. The number of nitrogens with zero attached hydrogens (tertiary/aromatic N) is 5. The zero-order chi connectivity index (χ0) is 16.2. The van der Waals surface area contributed by atoms with E-state index in [9.17, 15) is 4.79 Å². The Morgan fingerprint density at radius 2 is 1.87 bits per heavy atom. The van der Waals surface area contributed by atoms with Crippen LogP contribution in [-0.4, -0.2) is 32.6 Å². The molecule has 2 aromatic heterocycles. The molecule has 3 heterocycles. The van der Waals surface area contributed by atoms with Gasteiger partial charge in [0, 0.05) is 38.1 Å². The molecule has 0 aromatic carbocycles. The fourth-order valence-corrected chi connectivity index (χ4v) is 2.94. The summed E-state index contributed by atoms with van der Waals surface area (Å²) in [6, 6.07) is 3.49. The normalized spacial score (nSPS) is 16.0. The van der Waals surface area contributed by atoms with Gasteiger partial charge in [0.1, 0.15) is 0 Å². The smallest absolute Gasteiger partial charge is 0.253 e. The van der Waals surface area contributed by atoms with E-state index >= 15 is 0 Å². The minimum atomic E-state index is 0.0533. The van der Waals surface area contributed by atoms with Crippen molar-refractivity contribution in [3.8, 4) is 0 Å². The van der Waals surface area contributed by atoms with Crippen molar-refractivity contribution in [3.05, 3.63) is 46.9 Å². The van der Waals surface area contributed by atoms with Crippen LogP contribution in [0.5, 0.6) is 0 Å². The Labute approximate surface area is 136 Å². The van der Waals surface area contributed by atoms with E-state index in [0.717, 1.165) is 44.1 Å². The second-order valence-electron chi connectivity index (χ2n) is 6.44. The monoisotopic (exact) mass is 313 g/mol. The maximum absolute atomic E-state index is 12.2. The maximum Gasteiger partial charge on any atom is 0.253 e. The first-order valence-corrected chi connectivity index (χ1v) is 8.22. The average Bonchev–Trinajstić information content (AvgIpc) is 2.58. The van der Waals surface area contributed by atoms with Gasteiger partial charge in [0.25, 0.3) is 5.56 Å². The van der Waals surface area contributed by atoms with E-state index in [1.807, 2.05) is 19.9 Å². The third kappa shape index (κ3) is 3.75. The first kappa shape index (κ1) is 15.6. The summed E-state index contributed by atoms with van der Waals surface area (Å²) in [5.41, 5.74) is 0.916. The van der Waals surface area contributed by atoms with E-state index in [1.165, 1.54) is 0 Å². The minimum absolute atomic E-state index is 0.0533. The first-order valence-electron chi connectivity index (χ1n) is 8.22. The predicted octanol–water partition coefficient (Wildman–Crippen LogP) is 2.07. The van der Waals surface area contributed by atoms with Crippen LogP contribution < -0.4 is 10.5 Å². The molecule has 0 saturated carbocycles. The molecular weight excluding hydrogens is 290 g/mol. The van der Waals surface area contributed by atoms with E-state index in [2.05, 4.69) is 19.9 Å². The molecular formula is C17H23N5O. The summed E-state index contributed by atoms with van der Waals surface area (Å²) in [4.78, 5) is 27.4. The van der Waals surface area contributed by atoms with Crippen LogP contribution in [0.1, 0.15) is 38.3 Å². The highest BCUT2D eigenvalue weighted by atomic mass is 16.1. The molecule has 3 rings (SSSR count). The van der Waals surface area contributed by atoms with E-state index in [0.29, 0.717) is 5.92 Å². The van der Waals surface area contributed by atoms with Crippen LogP contribution in [0.3, 0.4) is 0 Å². The number of piperidine rings is 1. The van der Waals surface area contributed by atoms with Crippen molar-refractivity contribution < 1.29 is 0 Å². The van der Waals surface area contributed by atoms with Gasteiger partial charge in [-0.3, -0.25) is 9.36 Å². The molecule has 0 N–H and O–H groups in total. The van der Waals surface area contributed by atoms with E-state index < -0.39 is 0 Å². The van der Waals surface area contributed by atoms with Crippen LogP contribution in [-0.2, 0) is 6.54 Å². The lowest BCUT2D eigenvalue weighted by molar-refractivity contribution is 0.348. The Morgan fingerprint density at radius 3 is 2.48 bits per heavy atom. The molecule has 0 unspecified atom stereocenters. The van der Waals surface area contributed by atoms with Crippen molar-refractivity contribution in [2.45, 2.75) is 39.2 Å². The van der Waals surface area contributed by atoms with Gasteiger partial charge in [-0.25, -0.2) is 15.0 Å². The second kappa shape index (κ2) is 6.89. The molecule has 6 nitrogen and oxygen atoms in total. The van der Waals surface area contributed by atoms with Crippen LogP contribution >= 0.6 is 0 Å². The summed E-state index contributed by atoms with van der Waals surface area (Å²) in [6.45, 7) is 6.70. The number of anilines is 1. The molecule has 2 aromatic rings. The molecule has 0 radical (unpaired) electrons. The largest absolute Gasteiger partial charge is 0.341 e. The molecule has 23 heavy (non-hydrogen) atoms. The molecule has 0 atom stereocenters. The van der Waals surface area contributed by atoms with Gasteiger partial charge in [-0.15, -0.1) is 0 Å². The van der Waals surface area contributed by atoms with Crippen molar-refractivity contribution in [1.29, 1.82) is 0 Å². The summed E-state index contributed by atoms with van der Waals surface area (Å²) in [5.74, 6) is 1.58. The van der Waals surface area contributed by atoms with E-state index in [4.69, 9.17) is 0 Å². The van der Waals surface area contributed by atoms with Gasteiger partial charge in [-0.1, -0.05) is 13.8 Å². The molecule has 0 spiro atoms. The number of rotatable bonds is 4. The lowest BCUT2D eigenvalue weighted by atomic mass is 9.97. The highest BCUT2D eigenvalue weighted by Crippen LogP contribution is 2.21. The van der Waals surface area contributed by atoms with Crippen LogP contribution in [0.15, 0.2) is 35.6 Å². The molecule has 1 aliphatic heterocycles. The average molecular weight is 313 g/mol. The quantitative estimate of drug-likeness (QED) is 0.864. The van der Waals surface area contributed by atoms with Gasteiger partial charge in [0.2, 0.25) is 5.95 Å². The first-order chi connectivity index (χ1) is 11.1. The van der Waals surface area contributed by atoms with Crippen molar-refractivity contribution >= 4 is 5.95 Å². The topological polar surface area (TPSA) is 63.9 Å². The van der Waals surface area contributed by atoms with Crippen molar-refractivity contribution in [1.82, 2.24) is 19.5 Å². The lowest BCUT2D eigenvalue weighted by Gasteiger charge is -2.32. The summed E-state index contributed by atoms with van der Waals surface area (Å²) in [5, 5.41) is 0. The van der Waals surface area contributed by atoms with E-state index in [-0.39, 0.29) is 11.5 Å². The SMILES string of the molecule is CC(C)c1cc(=O)n(CC2CCN(c3ncccn3)CC2)cn1. The van der Waals surface area contributed by atoms with Crippen LogP contribution in [0.2, 0.25) is 0 Å². The van der Waals surface area contributed by atoms with Gasteiger partial charge in [-0.2, -0.15) is 0 Å². The molecule has 6 heteroatoms. The Morgan fingerprint density at radius 1 is 1.17 bits per heavy atom. The number of aromatic nitrogens is 4.